The summed E-state index contributed by atoms with van der Waals surface area (Å²) < 4.78 is 9.95. The van der Waals surface area contributed by atoms with E-state index in [-0.39, 0.29) is 11.3 Å². The summed E-state index contributed by atoms with van der Waals surface area (Å²) in [7, 11) is 2.82. The number of carboxylic acids is 2. The van der Waals surface area contributed by atoms with Crippen LogP contribution in [-0.2, 0) is 9.59 Å². The van der Waals surface area contributed by atoms with E-state index in [1.54, 1.807) is 0 Å². The molecule has 0 aliphatic rings. The van der Waals surface area contributed by atoms with E-state index in [0.29, 0.717) is 5.75 Å². The molecular weight excluding hydrogens is 228 g/mol. The largest absolute Gasteiger partial charge is 0.493 e. The van der Waals surface area contributed by atoms with Crippen molar-refractivity contribution >= 4 is 11.9 Å². The zero-order valence-corrected chi connectivity index (χ0v) is 9.34. The Balaban J connectivity index is 3.22. The van der Waals surface area contributed by atoms with Crippen LogP contribution in [0.5, 0.6) is 11.5 Å². The van der Waals surface area contributed by atoms with E-state index in [1.807, 2.05) is 0 Å². The van der Waals surface area contributed by atoms with E-state index in [2.05, 4.69) is 0 Å². The van der Waals surface area contributed by atoms with Gasteiger partial charge < -0.3 is 19.7 Å². The molecule has 6 heteroatoms. The maximum Gasteiger partial charge on any atom is 0.322 e. The Kier molecular flexibility index (Phi) is 3.92. The Labute approximate surface area is 97.4 Å². The van der Waals surface area contributed by atoms with Crippen LogP contribution in [0.3, 0.4) is 0 Å². The molecule has 0 aliphatic carbocycles. The first-order valence-electron chi connectivity index (χ1n) is 4.68. The van der Waals surface area contributed by atoms with Gasteiger partial charge >= 0.3 is 11.9 Å². The van der Waals surface area contributed by atoms with Crippen molar-refractivity contribution in [2.75, 3.05) is 14.2 Å². The van der Waals surface area contributed by atoms with Crippen molar-refractivity contribution in [3.63, 3.8) is 0 Å². The second-order valence-corrected chi connectivity index (χ2v) is 3.22. The average molecular weight is 240 g/mol. The molecule has 0 amide bonds. The van der Waals surface area contributed by atoms with Crippen molar-refractivity contribution in [2.45, 2.75) is 5.92 Å². The van der Waals surface area contributed by atoms with Crippen LogP contribution in [0.15, 0.2) is 18.2 Å². The Morgan fingerprint density at radius 3 is 2.00 bits per heavy atom. The van der Waals surface area contributed by atoms with Gasteiger partial charge in [-0.1, -0.05) is 6.07 Å². The van der Waals surface area contributed by atoms with Gasteiger partial charge in [0.2, 0.25) is 0 Å². The van der Waals surface area contributed by atoms with Crippen LogP contribution < -0.4 is 9.47 Å². The number of carboxylic acid groups (broad SMARTS) is 2. The maximum absolute atomic E-state index is 10.8. The van der Waals surface area contributed by atoms with Crippen LogP contribution in [-0.4, -0.2) is 36.4 Å². The number of methoxy groups -OCH3 is 2. The van der Waals surface area contributed by atoms with Crippen LogP contribution in [0.2, 0.25) is 0 Å². The Morgan fingerprint density at radius 1 is 1.06 bits per heavy atom. The van der Waals surface area contributed by atoms with Crippen LogP contribution >= 0.6 is 0 Å². The molecule has 0 saturated heterocycles. The molecular formula is C11H12O6. The Morgan fingerprint density at radius 2 is 1.59 bits per heavy atom. The molecule has 17 heavy (non-hydrogen) atoms. The van der Waals surface area contributed by atoms with Gasteiger partial charge in [0.1, 0.15) is 0 Å². The van der Waals surface area contributed by atoms with Crippen molar-refractivity contribution in [2.24, 2.45) is 0 Å². The molecule has 0 saturated carbocycles. The SMILES string of the molecule is COc1ccc(C(C(=O)O)C(=O)O)cc1OC. The average Bonchev–Trinajstić information content (AvgIpc) is 2.27. The summed E-state index contributed by atoms with van der Waals surface area (Å²) in [4.78, 5) is 21.7. The molecule has 1 aromatic rings. The summed E-state index contributed by atoms with van der Waals surface area (Å²) in [5, 5.41) is 17.7. The summed E-state index contributed by atoms with van der Waals surface area (Å²) in [6.45, 7) is 0. The molecule has 0 fully saturated rings. The number of benzene rings is 1. The molecule has 0 aromatic heterocycles. The summed E-state index contributed by atoms with van der Waals surface area (Å²) >= 11 is 0. The number of carbonyl (C=O) groups is 2. The van der Waals surface area contributed by atoms with E-state index in [0.717, 1.165) is 0 Å². The molecule has 0 bridgehead atoms. The smallest absolute Gasteiger partial charge is 0.322 e. The van der Waals surface area contributed by atoms with Crippen LogP contribution in [0, 0.1) is 0 Å². The lowest BCUT2D eigenvalue weighted by Crippen LogP contribution is -2.21. The molecule has 1 rings (SSSR count). The van der Waals surface area contributed by atoms with Gasteiger partial charge in [0.25, 0.3) is 0 Å². The first-order valence-corrected chi connectivity index (χ1v) is 4.68. The molecule has 0 aliphatic heterocycles. The Hall–Kier alpha value is -2.24. The first kappa shape index (κ1) is 12.8. The predicted molar refractivity (Wildman–Crippen MR) is 57.6 cm³/mol. The van der Waals surface area contributed by atoms with Gasteiger partial charge in [-0.25, -0.2) is 0 Å². The molecule has 1 aromatic carbocycles. The second kappa shape index (κ2) is 5.20. The zero-order chi connectivity index (χ0) is 13.0. The normalized spacial score (nSPS) is 10.1. The number of rotatable bonds is 5. The van der Waals surface area contributed by atoms with E-state index in [1.165, 1.54) is 32.4 Å². The van der Waals surface area contributed by atoms with Gasteiger partial charge in [-0.2, -0.15) is 0 Å². The van der Waals surface area contributed by atoms with E-state index in [4.69, 9.17) is 19.7 Å². The van der Waals surface area contributed by atoms with Crippen molar-refractivity contribution < 1.29 is 29.3 Å². The molecule has 0 unspecified atom stereocenters. The van der Waals surface area contributed by atoms with Gasteiger partial charge in [0.15, 0.2) is 17.4 Å². The quantitative estimate of drug-likeness (QED) is 0.744. The molecule has 0 radical (unpaired) electrons. The number of hydrogen-bond donors (Lipinski definition) is 2. The highest BCUT2D eigenvalue weighted by Crippen LogP contribution is 2.30. The summed E-state index contributed by atoms with van der Waals surface area (Å²) in [6, 6.07) is 4.19. The van der Waals surface area contributed by atoms with Gasteiger partial charge in [-0.05, 0) is 17.7 Å². The van der Waals surface area contributed by atoms with Gasteiger partial charge in [-0.3, -0.25) is 9.59 Å². The number of ether oxygens (including phenoxy) is 2. The van der Waals surface area contributed by atoms with Gasteiger partial charge in [0, 0.05) is 0 Å². The minimum absolute atomic E-state index is 0.127. The molecule has 0 spiro atoms. The summed E-state index contributed by atoms with van der Waals surface area (Å²) in [5.41, 5.74) is 0.127. The number of aliphatic carboxylic acids is 2. The summed E-state index contributed by atoms with van der Waals surface area (Å²) in [6.07, 6.45) is 0. The highest BCUT2D eigenvalue weighted by atomic mass is 16.5. The fourth-order valence-electron chi connectivity index (χ4n) is 1.42. The van der Waals surface area contributed by atoms with Crippen molar-refractivity contribution in [3.05, 3.63) is 23.8 Å². The third kappa shape index (κ3) is 2.66. The molecule has 92 valence electrons. The Bertz CT molecular complexity index is 426. The monoisotopic (exact) mass is 240 g/mol. The fraction of sp³-hybridized carbons (Fsp3) is 0.273. The van der Waals surface area contributed by atoms with Crippen LogP contribution in [0.4, 0.5) is 0 Å². The third-order valence-electron chi connectivity index (χ3n) is 2.23. The molecule has 6 nitrogen and oxygen atoms in total. The highest BCUT2D eigenvalue weighted by molar-refractivity contribution is 5.99. The van der Waals surface area contributed by atoms with Crippen molar-refractivity contribution in [1.29, 1.82) is 0 Å². The topological polar surface area (TPSA) is 93.1 Å². The zero-order valence-electron chi connectivity index (χ0n) is 9.34. The fourth-order valence-corrected chi connectivity index (χ4v) is 1.42. The van der Waals surface area contributed by atoms with Gasteiger partial charge in [0.05, 0.1) is 14.2 Å². The number of hydrogen-bond acceptors (Lipinski definition) is 4. The first-order chi connectivity index (χ1) is 8.01. The third-order valence-corrected chi connectivity index (χ3v) is 2.23. The van der Waals surface area contributed by atoms with E-state index >= 15 is 0 Å². The lowest BCUT2D eigenvalue weighted by atomic mass is 9.99. The minimum Gasteiger partial charge on any atom is -0.493 e. The van der Waals surface area contributed by atoms with Crippen LogP contribution in [0.25, 0.3) is 0 Å². The second-order valence-electron chi connectivity index (χ2n) is 3.22. The highest BCUT2D eigenvalue weighted by Gasteiger charge is 2.28. The summed E-state index contributed by atoms with van der Waals surface area (Å²) in [5.74, 6) is -3.77. The van der Waals surface area contributed by atoms with Crippen molar-refractivity contribution in [3.8, 4) is 11.5 Å². The van der Waals surface area contributed by atoms with Crippen LogP contribution in [0.1, 0.15) is 11.5 Å². The predicted octanol–water partition coefficient (Wildman–Crippen LogP) is 0.957. The van der Waals surface area contributed by atoms with E-state index < -0.39 is 17.9 Å². The molecule has 2 N–H and O–H groups in total. The minimum atomic E-state index is -1.62. The molecule has 0 heterocycles. The van der Waals surface area contributed by atoms with Crippen molar-refractivity contribution in [1.82, 2.24) is 0 Å². The molecule has 0 atom stereocenters. The van der Waals surface area contributed by atoms with Gasteiger partial charge in [-0.15, -0.1) is 0 Å². The maximum atomic E-state index is 10.8. The van der Waals surface area contributed by atoms with E-state index in [9.17, 15) is 9.59 Å². The standard InChI is InChI=1S/C11H12O6/c1-16-7-4-3-6(5-8(7)17-2)9(10(12)13)11(14)15/h3-5,9H,1-2H3,(H,12,13)(H,14,15). The lowest BCUT2D eigenvalue weighted by Gasteiger charge is -2.12. The lowest BCUT2D eigenvalue weighted by molar-refractivity contribution is -0.150.